The number of anilines is 1. The molecule has 1 fully saturated rings. The maximum absolute atomic E-state index is 11.9. The van der Waals surface area contributed by atoms with Crippen LogP contribution in [0.4, 0.5) is 5.69 Å². The van der Waals surface area contributed by atoms with Crippen molar-refractivity contribution in [2.45, 2.75) is 44.9 Å². The molecule has 0 unspecified atom stereocenters. The Bertz CT molecular complexity index is 545. The van der Waals surface area contributed by atoms with Crippen molar-refractivity contribution < 1.29 is 4.79 Å². The molecule has 0 aromatic heterocycles. The molecule has 2 rings (SSSR count). The van der Waals surface area contributed by atoms with Crippen molar-refractivity contribution in [2.75, 3.05) is 5.32 Å². The molecule has 120 valence electrons. The molecule has 0 radical (unpaired) electrons. The molecule has 0 aliphatic heterocycles. The number of thiocarbonyl (C=S) groups is 1. The van der Waals surface area contributed by atoms with Crippen molar-refractivity contribution in [2.24, 2.45) is 5.92 Å². The Balaban J connectivity index is 1.74. The average molecular weight is 359 g/mol. The van der Waals surface area contributed by atoms with Gasteiger partial charge >= 0.3 is 0 Å². The van der Waals surface area contributed by atoms with Gasteiger partial charge in [-0.05, 0) is 42.8 Å². The fourth-order valence-electron chi connectivity index (χ4n) is 2.74. The van der Waals surface area contributed by atoms with Crippen molar-refractivity contribution in [3.05, 3.63) is 28.2 Å². The van der Waals surface area contributed by atoms with E-state index in [-0.39, 0.29) is 11.0 Å². The second-order valence-electron chi connectivity index (χ2n) is 5.67. The highest BCUT2D eigenvalue weighted by Crippen LogP contribution is 2.27. The first kappa shape index (κ1) is 17.5. The number of benzene rings is 1. The van der Waals surface area contributed by atoms with E-state index >= 15 is 0 Å². The van der Waals surface area contributed by atoms with Crippen LogP contribution < -0.4 is 10.6 Å². The summed E-state index contributed by atoms with van der Waals surface area (Å²) in [4.78, 5) is 11.9. The van der Waals surface area contributed by atoms with E-state index in [1.165, 1.54) is 32.1 Å². The summed E-state index contributed by atoms with van der Waals surface area (Å²) in [5.41, 5.74) is 0.628. The molecular formula is C16H20Cl2N2OS. The summed E-state index contributed by atoms with van der Waals surface area (Å²) in [6.45, 7) is 0. The standard InChI is InChI=1S/C16H20Cl2N2OS/c17-12-7-8-14(13(18)10-12)19-16(22)20-15(21)9-6-11-4-2-1-3-5-11/h7-8,10-11H,1-6,9H2,(H2,19,20,21,22). The molecule has 22 heavy (non-hydrogen) atoms. The minimum absolute atomic E-state index is 0.0480. The number of carbonyl (C=O) groups is 1. The van der Waals surface area contributed by atoms with Gasteiger partial charge in [-0.3, -0.25) is 4.79 Å². The molecule has 6 heteroatoms. The molecule has 3 nitrogen and oxygen atoms in total. The van der Waals surface area contributed by atoms with E-state index in [1.54, 1.807) is 18.2 Å². The SMILES string of the molecule is O=C(CCC1CCCCC1)NC(=S)Nc1ccc(Cl)cc1Cl. The first-order valence-corrected chi connectivity index (χ1v) is 8.77. The third-order valence-corrected chi connectivity index (χ3v) is 4.69. The molecule has 0 heterocycles. The van der Waals surface area contributed by atoms with Gasteiger partial charge in [-0.1, -0.05) is 55.3 Å². The summed E-state index contributed by atoms with van der Waals surface area (Å²) in [7, 11) is 0. The number of halogens is 2. The highest BCUT2D eigenvalue weighted by Gasteiger charge is 2.15. The zero-order valence-electron chi connectivity index (χ0n) is 12.3. The van der Waals surface area contributed by atoms with Gasteiger partial charge in [-0.2, -0.15) is 0 Å². The van der Waals surface area contributed by atoms with Crippen molar-refractivity contribution in [3.8, 4) is 0 Å². The average Bonchev–Trinajstić information content (AvgIpc) is 2.49. The van der Waals surface area contributed by atoms with Crippen LogP contribution in [0.2, 0.25) is 10.0 Å². The van der Waals surface area contributed by atoms with Crippen LogP contribution in [0.3, 0.4) is 0 Å². The smallest absolute Gasteiger partial charge is 0.226 e. The van der Waals surface area contributed by atoms with Crippen molar-refractivity contribution in [3.63, 3.8) is 0 Å². The van der Waals surface area contributed by atoms with Crippen molar-refractivity contribution >= 4 is 52.1 Å². The summed E-state index contributed by atoms with van der Waals surface area (Å²) >= 11 is 17.0. The van der Waals surface area contributed by atoms with Gasteiger partial charge in [0, 0.05) is 11.4 Å². The number of nitrogens with one attached hydrogen (secondary N) is 2. The Labute approximate surface area is 146 Å². The predicted molar refractivity (Wildman–Crippen MR) is 96.6 cm³/mol. The van der Waals surface area contributed by atoms with Crippen LogP contribution >= 0.6 is 35.4 Å². The predicted octanol–water partition coefficient (Wildman–Crippen LogP) is 5.17. The van der Waals surface area contributed by atoms with E-state index in [0.717, 1.165) is 6.42 Å². The molecule has 1 aromatic rings. The third kappa shape index (κ3) is 5.75. The lowest BCUT2D eigenvalue weighted by molar-refractivity contribution is -0.120. The van der Waals surface area contributed by atoms with E-state index in [2.05, 4.69) is 10.6 Å². The molecule has 1 aliphatic carbocycles. The molecule has 1 amide bonds. The van der Waals surface area contributed by atoms with Gasteiger partial charge in [-0.15, -0.1) is 0 Å². The van der Waals surface area contributed by atoms with Crippen LogP contribution in [0, 0.1) is 5.92 Å². The second kappa shape index (κ2) is 8.70. The van der Waals surface area contributed by atoms with Gasteiger partial charge < -0.3 is 10.6 Å². The zero-order chi connectivity index (χ0) is 15.9. The van der Waals surface area contributed by atoms with Gasteiger partial charge in [-0.25, -0.2) is 0 Å². The number of amides is 1. The van der Waals surface area contributed by atoms with Crippen LogP contribution in [0.15, 0.2) is 18.2 Å². The first-order valence-electron chi connectivity index (χ1n) is 7.60. The third-order valence-electron chi connectivity index (χ3n) is 3.94. The molecule has 1 aliphatic rings. The van der Waals surface area contributed by atoms with Gasteiger partial charge in [0.1, 0.15) is 0 Å². The number of rotatable bonds is 4. The summed E-state index contributed by atoms with van der Waals surface area (Å²) in [6.07, 6.45) is 7.87. The van der Waals surface area contributed by atoms with Gasteiger partial charge in [0.05, 0.1) is 10.7 Å². The Morgan fingerprint density at radius 3 is 2.64 bits per heavy atom. The Morgan fingerprint density at radius 1 is 1.23 bits per heavy atom. The van der Waals surface area contributed by atoms with Crippen molar-refractivity contribution in [1.29, 1.82) is 0 Å². The Hall–Kier alpha value is -0.840. The summed E-state index contributed by atoms with van der Waals surface area (Å²) in [5, 5.41) is 6.89. The highest BCUT2D eigenvalue weighted by molar-refractivity contribution is 7.80. The first-order chi connectivity index (χ1) is 10.5. The van der Waals surface area contributed by atoms with Crippen molar-refractivity contribution in [1.82, 2.24) is 5.32 Å². The lowest BCUT2D eigenvalue weighted by Gasteiger charge is -2.21. The lowest BCUT2D eigenvalue weighted by atomic mass is 9.86. The molecular weight excluding hydrogens is 339 g/mol. The normalized spacial score (nSPS) is 15.4. The van der Waals surface area contributed by atoms with Gasteiger partial charge in [0.2, 0.25) is 5.91 Å². The van der Waals surface area contributed by atoms with Crippen LogP contribution in [0.1, 0.15) is 44.9 Å². The highest BCUT2D eigenvalue weighted by atomic mass is 35.5. The van der Waals surface area contributed by atoms with E-state index in [0.29, 0.717) is 28.1 Å². The monoisotopic (exact) mass is 358 g/mol. The maximum Gasteiger partial charge on any atom is 0.226 e. The summed E-state index contributed by atoms with van der Waals surface area (Å²) in [5.74, 6) is 0.639. The van der Waals surface area contributed by atoms with Crippen LogP contribution in [-0.2, 0) is 4.79 Å². The Kier molecular flexibility index (Phi) is 6.93. The largest absolute Gasteiger partial charge is 0.331 e. The molecule has 1 aromatic carbocycles. The molecule has 0 bridgehead atoms. The quantitative estimate of drug-likeness (QED) is 0.729. The van der Waals surface area contributed by atoms with Crippen LogP contribution in [0.25, 0.3) is 0 Å². The van der Waals surface area contributed by atoms with E-state index < -0.39 is 0 Å². The fraction of sp³-hybridized carbons (Fsp3) is 0.500. The molecule has 2 N–H and O–H groups in total. The lowest BCUT2D eigenvalue weighted by Crippen LogP contribution is -2.34. The maximum atomic E-state index is 11.9. The van der Waals surface area contributed by atoms with E-state index in [1.807, 2.05) is 0 Å². The minimum Gasteiger partial charge on any atom is -0.331 e. The van der Waals surface area contributed by atoms with E-state index in [4.69, 9.17) is 35.4 Å². The molecule has 1 saturated carbocycles. The number of hydrogen-bond acceptors (Lipinski definition) is 2. The topological polar surface area (TPSA) is 41.1 Å². The second-order valence-corrected chi connectivity index (χ2v) is 6.92. The summed E-state index contributed by atoms with van der Waals surface area (Å²) in [6, 6.07) is 5.06. The van der Waals surface area contributed by atoms with Gasteiger partial charge in [0.25, 0.3) is 0 Å². The summed E-state index contributed by atoms with van der Waals surface area (Å²) < 4.78 is 0. The molecule has 0 spiro atoms. The zero-order valence-corrected chi connectivity index (χ0v) is 14.7. The molecule has 0 atom stereocenters. The number of hydrogen-bond donors (Lipinski definition) is 2. The number of carbonyl (C=O) groups excluding carboxylic acids is 1. The minimum atomic E-state index is -0.0480. The van der Waals surface area contributed by atoms with Crippen LogP contribution in [-0.4, -0.2) is 11.0 Å². The fourth-order valence-corrected chi connectivity index (χ4v) is 3.42. The Morgan fingerprint density at radius 2 is 1.95 bits per heavy atom. The van der Waals surface area contributed by atoms with E-state index in [9.17, 15) is 4.79 Å². The molecule has 0 saturated heterocycles. The van der Waals surface area contributed by atoms with Crippen LogP contribution in [0.5, 0.6) is 0 Å². The van der Waals surface area contributed by atoms with Gasteiger partial charge in [0.15, 0.2) is 5.11 Å².